The van der Waals surface area contributed by atoms with Crippen LogP contribution in [-0.4, -0.2) is 131 Å². The molecule has 2 unspecified atom stereocenters. The second kappa shape index (κ2) is 10.4. The van der Waals surface area contributed by atoms with E-state index in [1.54, 1.807) is 0 Å². The Labute approximate surface area is 180 Å². The Kier molecular flexibility index (Phi) is 10.1. The van der Waals surface area contributed by atoms with Gasteiger partial charge in [0.05, 0.1) is 0 Å². The summed E-state index contributed by atoms with van der Waals surface area (Å²) in [5.41, 5.74) is 0. The zero-order chi connectivity index (χ0) is 23.5. The Bertz CT molecular complexity index is 513. The first-order chi connectivity index (χ1) is 13.6. The van der Waals surface area contributed by atoms with Gasteiger partial charge in [-0.2, -0.15) is 0 Å². The van der Waals surface area contributed by atoms with Crippen molar-refractivity contribution in [3.8, 4) is 0 Å². The van der Waals surface area contributed by atoms with Gasteiger partial charge in [-0.3, -0.25) is 0 Å². The predicted octanol–water partition coefficient (Wildman–Crippen LogP) is -5.45. The standard InChI is InChI=1S/C6H24GeO18Si5/c1-14-7(15-2)20-26(8,9)22-29(13,17-4)25-30(18-5,19-6)24-27(10,11)23-28(12,16-3)21-7/h8-13H,1-6H3. The van der Waals surface area contributed by atoms with Crippen LogP contribution in [0, 0.1) is 0 Å². The Morgan fingerprint density at radius 2 is 1.00 bits per heavy atom. The van der Waals surface area contributed by atoms with Crippen molar-refractivity contribution in [2.75, 3.05) is 42.7 Å². The van der Waals surface area contributed by atoms with Crippen molar-refractivity contribution in [3.05, 3.63) is 0 Å². The molecule has 1 heterocycles. The second-order valence-electron chi connectivity index (χ2n) is 4.98. The fraction of sp³-hybridized carbons (Fsp3) is 1.00. The predicted molar refractivity (Wildman–Crippen MR) is 96.4 cm³/mol. The summed E-state index contributed by atoms with van der Waals surface area (Å²) in [5, 5.41) is 0. The molecule has 0 amide bonds. The molecule has 2 atom stereocenters. The summed E-state index contributed by atoms with van der Waals surface area (Å²) in [6, 6.07) is 0. The van der Waals surface area contributed by atoms with Crippen LogP contribution in [-0.2, 0) is 48.6 Å². The topological polar surface area (TPSA) is 232 Å². The molecule has 6 N–H and O–H groups in total. The molecule has 1 rings (SSSR count). The summed E-state index contributed by atoms with van der Waals surface area (Å²) < 4.78 is 58.2. The third-order valence-electron chi connectivity index (χ3n) is 3.06. The third kappa shape index (κ3) is 7.47. The van der Waals surface area contributed by atoms with Crippen molar-refractivity contribution in [2.24, 2.45) is 0 Å². The summed E-state index contributed by atoms with van der Waals surface area (Å²) in [6.45, 7) is 0. The van der Waals surface area contributed by atoms with Gasteiger partial charge in [-0.25, -0.2) is 0 Å². The average molecular weight is 597 g/mol. The van der Waals surface area contributed by atoms with Crippen molar-refractivity contribution in [1.29, 1.82) is 0 Å². The Balaban J connectivity index is 3.59. The van der Waals surface area contributed by atoms with Crippen LogP contribution in [0.1, 0.15) is 0 Å². The van der Waals surface area contributed by atoms with E-state index in [4.69, 9.17) is 39.7 Å². The number of hydrogen-bond donors (Lipinski definition) is 6. The van der Waals surface area contributed by atoms with Gasteiger partial charge in [0.25, 0.3) is 0 Å². The number of rotatable bonds is 6. The van der Waals surface area contributed by atoms with Gasteiger partial charge in [0.2, 0.25) is 0 Å². The zero-order valence-corrected chi connectivity index (χ0v) is 23.7. The summed E-state index contributed by atoms with van der Waals surface area (Å²) in [4.78, 5) is 61.8. The van der Waals surface area contributed by atoms with Crippen LogP contribution in [0.4, 0.5) is 0 Å². The van der Waals surface area contributed by atoms with Gasteiger partial charge in [0.1, 0.15) is 0 Å². The molecule has 0 spiro atoms. The van der Waals surface area contributed by atoms with Gasteiger partial charge in [-0.05, 0) is 0 Å². The fourth-order valence-electron chi connectivity index (χ4n) is 1.77. The first-order valence-electron chi connectivity index (χ1n) is 7.47. The molecule has 0 bridgehead atoms. The minimum absolute atomic E-state index is 0.848. The molecule has 0 aromatic carbocycles. The van der Waals surface area contributed by atoms with Crippen LogP contribution in [0.25, 0.3) is 0 Å². The Hall–Kier alpha value is 0.907. The molecule has 0 aromatic rings. The molecule has 0 aliphatic carbocycles. The Morgan fingerprint density at radius 3 is 1.40 bits per heavy atom. The van der Waals surface area contributed by atoms with E-state index >= 15 is 0 Å². The van der Waals surface area contributed by atoms with Gasteiger partial charge in [-0.1, -0.05) is 0 Å². The molecular formula is C6H24GeO18Si5. The molecule has 1 saturated heterocycles. The average Bonchev–Trinajstić information content (AvgIpc) is 2.64. The van der Waals surface area contributed by atoms with Crippen molar-refractivity contribution < 1.29 is 77.4 Å². The number of hydrogen-bond acceptors (Lipinski definition) is 18. The first kappa shape index (κ1) is 28.9. The van der Waals surface area contributed by atoms with E-state index in [1.807, 2.05) is 0 Å². The summed E-state index contributed by atoms with van der Waals surface area (Å²) in [6.07, 6.45) is 0. The van der Waals surface area contributed by atoms with Crippen LogP contribution in [0.5, 0.6) is 0 Å². The second-order valence-corrected chi connectivity index (χ2v) is 22.0. The molecule has 0 radical (unpaired) electrons. The van der Waals surface area contributed by atoms with E-state index in [-0.39, 0.29) is 0 Å². The molecule has 1 aliphatic rings. The van der Waals surface area contributed by atoms with Gasteiger partial charge in [0, 0.05) is 0 Å². The maximum absolute atomic E-state index is 10.5. The van der Waals surface area contributed by atoms with Crippen molar-refractivity contribution >= 4 is 59.9 Å². The molecule has 18 nitrogen and oxygen atoms in total. The van der Waals surface area contributed by atoms with Crippen LogP contribution in [0.15, 0.2) is 0 Å². The summed E-state index contributed by atoms with van der Waals surface area (Å²) in [5.74, 6) is 0. The molecule has 180 valence electrons. The van der Waals surface area contributed by atoms with Crippen LogP contribution in [0.2, 0.25) is 0 Å². The minimum atomic E-state index is -5.50. The van der Waals surface area contributed by atoms with E-state index in [0.717, 1.165) is 42.7 Å². The van der Waals surface area contributed by atoms with Crippen molar-refractivity contribution in [3.63, 3.8) is 0 Å². The Morgan fingerprint density at radius 1 is 0.533 bits per heavy atom. The maximum atomic E-state index is 10.5. The monoisotopic (exact) mass is 598 g/mol. The molecule has 24 heteroatoms. The van der Waals surface area contributed by atoms with Crippen LogP contribution >= 0.6 is 0 Å². The van der Waals surface area contributed by atoms with E-state index in [0.29, 0.717) is 0 Å². The molecular weight excluding hydrogens is 573 g/mol. The third-order valence-corrected chi connectivity index (χ3v) is 22.9. The molecule has 1 aliphatic heterocycles. The fourth-order valence-corrected chi connectivity index (χ4v) is 22.1. The summed E-state index contributed by atoms with van der Waals surface area (Å²) in [7, 11) is -20.6. The van der Waals surface area contributed by atoms with Crippen LogP contribution in [0.3, 0.4) is 0 Å². The normalized spacial score (nSPS) is 34.0. The first-order valence-corrected chi connectivity index (χ1v) is 19.3. The van der Waals surface area contributed by atoms with Crippen molar-refractivity contribution in [2.45, 2.75) is 0 Å². The molecule has 1 fully saturated rings. The molecule has 0 aromatic heterocycles. The van der Waals surface area contributed by atoms with Gasteiger partial charge >= 0.3 is 180 Å². The zero-order valence-electron chi connectivity index (χ0n) is 16.6. The molecule has 0 saturated carbocycles. The summed E-state index contributed by atoms with van der Waals surface area (Å²) >= 11 is -5.42. The van der Waals surface area contributed by atoms with E-state index in [9.17, 15) is 28.8 Å². The van der Waals surface area contributed by atoms with Gasteiger partial charge < -0.3 is 0 Å². The van der Waals surface area contributed by atoms with Crippen LogP contribution < -0.4 is 0 Å². The van der Waals surface area contributed by atoms with E-state index in [1.165, 1.54) is 0 Å². The van der Waals surface area contributed by atoms with Gasteiger partial charge in [0.15, 0.2) is 0 Å². The van der Waals surface area contributed by atoms with Gasteiger partial charge in [-0.15, -0.1) is 0 Å². The van der Waals surface area contributed by atoms with Crippen molar-refractivity contribution in [1.82, 2.24) is 0 Å². The van der Waals surface area contributed by atoms with E-state index in [2.05, 4.69) is 8.85 Å². The SMILES string of the molecule is CO[Si]1(O)O[Si](O)(O)[O][Ge]([O]C)([O]C)[O][Si](O)(OC)O[Si](O)(O)O[Si](OC)(OC)O1. The van der Waals surface area contributed by atoms with E-state index < -0.39 is 59.9 Å². The molecule has 30 heavy (non-hydrogen) atoms. The quantitative estimate of drug-likeness (QED) is 0.157.